The lowest BCUT2D eigenvalue weighted by atomic mass is 9.67. The Hall–Kier alpha value is -3.23. The number of rotatable bonds is 6. The highest BCUT2D eigenvalue weighted by Crippen LogP contribution is 2.57. The van der Waals surface area contributed by atoms with E-state index in [2.05, 4.69) is 0 Å². The first-order valence-corrected chi connectivity index (χ1v) is 12.1. The van der Waals surface area contributed by atoms with Crippen LogP contribution < -0.4 is 0 Å². The molecule has 1 amide bonds. The van der Waals surface area contributed by atoms with Crippen LogP contribution in [0.25, 0.3) is 0 Å². The SMILES string of the molecule is CCOC(=O)[C@]12CC(c3ccccc3)(c3ccc(Cl)cc3)OO[C@@]1(O)CN(Cc1ccccc1)C2=O. The minimum absolute atomic E-state index is 0.0305. The number of hydrogen-bond donors (Lipinski definition) is 1. The highest BCUT2D eigenvalue weighted by molar-refractivity contribution is 6.30. The summed E-state index contributed by atoms with van der Waals surface area (Å²) in [4.78, 5) is 40.9. The second-order valence-electron chi connectivity index (χ2n) is 9.10. The minimum atomic E-state index is -2.25. The van der Waals surface area contributed by atoms with E-state index in [0.717, 1.165) is 5.56 Å². The van der Waals surface area contributed by atoms with Crippen LogP contribution in [0.4, 0.5) is 0 Å². The molecule has 7 nitrogen and oxygen atoms in total. The molecule has 3 aromatic rings. The van der Waals surface area contributed by atoms with Gasteiger partial charge in [-0.15, -0.1) is 0 Å². The quantitative estimate of drug-likeness (QED) is 0.305. The van der Waals surface area contributed by atoms with Gasteiger partial charge in [0.25, 0.3) is 0 Å². The van der Waals surface area contributed by atoms with Crippen molar-refractivity contribution in [1.29, 1.82) is 0 Å². The first-order valence-electron chi connectivity index (χ1n) is 11.8. The van der Waals surface area contributed by atoms with Gasteiger partial charge in [-0.2, -0.15) is 4.89 Å². The zero-order valence-corrected chi connectivity index (χ0v) is 20.5. The predicted octanol–water partition coefficient (Wildman–Crippen LogP) is 4.22. The average molecular weight is 508 g/mol. The monoisotopic (exact) mass is 507 g/mol. The number of nitrogens with zero attached hydrogens (tertiary/aromatic N) is 1. The van der Waals surface area contributed by atoms with Crippen LogP contribution in [-0.4, -0.2) is 40.8 Å². The molecule has 0 aliphatic carbocycles. The number of ether oxygens (including phenoxy) is 1. The second kappa shape index (κ2) is 9.33. The van der Waals surface area contributed by atoms with E-state index in [4.69, 9.17) is 26.1 Å². The highest BCUT2D eigenvalue weighted by atomic mass is 35.5. The molecule has 2 saturated heterocycles. The zero-order chi connectivity index (χ0) is 25.4. The molecule has 3 aromatic carbocycles. The smallest absolute Gasteiger partial charge is 0.327 e. The molecule has 8 heteroatoms. The van der Waals surface area contributed by atoms with Crippen LogP contribution in [0.1, 0.15) is 30.0 Å². The maximum absolute atomic E-state index is 14.1. The standard InChI is InChI=1S/C28H26ClNO6/c1-2-34-25(32)26-18-27(21-11-7-4-8-12-21,22-13-15-23(29)16-14-22)35-36-28(26,33)19-30(24(26)31)17-20-9-5-3-6-10-20/h3-16,33H,2,17-19H2,1H3/t26-,27?,28+/m1/s1. The summed E-state index contributed by atoms with van der Waals surface area (Å²) < 4.78 is 5.40. The van der Waals surface area contributed by atoms with E-state index < -0.39 is 28.7 Å². The summed E-state index contributed by atoms with van der Waals surface area (Å²) >= 11 is 6.14. The van der Waals surface area contributed by atoms with Gasteiger partial charge < -0.3 is 14.7 Å². The third kappa shape index (κ3) is 3.79. The lowest BCUT2D eigenvalue weighted by Gasteiger charge is -2.48. The molecule has 1 unspecified atom stereocenters. The zero-order valence-electron chi connectivity index (χ0n) is 19.7. The Morgan fingerprint density at radius 2 is 1.58 bits per heavy atom. The van der Waals surface area contributed by atoms with Crippen molar-refractivity contribution in [3.05, 3.63) is 107 Å². The summed E-state index contributed by atoms with van der Waals surface area (Å²) in [6.45, 7) is 1.61. The molecule has 186 valence electrons. The molecule has 36 heavy (non-hydrogen) atoms. The number of carbonyl (C=O) groups is 2. The van der Waals surface area contributed by atoms with Crippen LogP contribution in [0, 0.1) is 5.41 Å². The molecule has 2 heterocycles. The summed E-state index contributed by atoms with van der Waals surface area (Å²) in [6.07, 6.45) is -0.231. The van der Waals surface area contributed by atoms with Crippen molar-refractivity contribution < 1.29 is 29.2 Å². The fraction of sp³-hybridized carbons (Fsp3) is 0.286. The Kier molecular flexibility index (Phi) is 6.34. The minimum Gasteiger partial charge on any atom is -0.465 e. The predicted molar refractivity (Wildman–Crippen MR) is 131 cm³/mol. The fourth-order valence-electron chi connectivity index (χ4n) is 5.15. The first-order chi connectivity index (χ1) is 17.3. The molecule has 1 N–H and O–H groups in total. The molecule has 0 spiro atoms. The summed E-state index contributed by atoms with van der Waals surface area (Å²) in [5.74, 6) is -3.69. The number of benzene rings is 3. The average Bonchev–Trinajstić information content (AvgIpc) is 3.12. The second-order valence-corrected chi connectivity index (χ2v) is 9.54. The Balaban J connectivity index is 1.65. The maximum Gasteiger partial charge on any atom is 0.327 e. The van der Waals surface area contributed by atoms with Crippen LogP contribution in [0.3, 0.4) is 0 Å². The molecule has 0 radical (unpaired) electrons. The van der Waals surface area contributed by atoms with Crippen molar-refractivity contribution in [3.63, 3.8) is 0 Å². The van der Waals surface area contributed by atoms with Crippen molar-refractivity contribution in [1.82, 2.24) is 4.90 Å². The molecule has 2 aliphatic rings. The van der Waals surface area contributed by atoms with E-state index in [-0.39, 0.29) is 26.1 Å². The van der Waals surface area contributed by atoms with Gasteiger partial charge in [-0.1, -0.05) is 84.4 Å². The Morgan fingerprint density at radius 1 is 0.972 bits per heavy atom. The van der Waals surface area contributed by atoms with E-state index in [0.29, 0.717) is 16.1 Å². The Labute approximate surface area is 214 Å². The van der Waals surface area contributed by atoms with Gasteiger partial charge in [-0.3, -0.25) is 9.59 Å². The van der Waals surface area contributed by atoms with Crippen molar-refractivity contribution in [2.75, 3.05) is 13.2 Å². The van der Waals surface area contributed by atoms with Crippen LogP contribution in [-0.2, 0) is 36.2 Å². The van der Waals surface area contributed by atoms with Crippen LogP contribution in [0.15, 0.2) is 84.9 Å². The van der Waals surface area contributed by atoms with E-state index in [9.17, 15) is 14.7 Å². The number of amides is 1. The molecule has 0 bridgehead atoms. The van der Waals surface area contributed by atoms with Gasteiger partial charge in [0, 0.05) is 18.0 Å². The molecular weight excluding hydrogens is 482 g/mol. The molecule has 2 fully saturated rings. The van der Waals surface area contributed by atoms with Crippen LogP contribution in [0.2, 0.25) is 5.02 Å². The normalized spacial score (nSPS) is 27.5. The highest BCUT2D eigenvalue weighted by Gasteiger charge is 2.76. The van der Waals surface area contributed by atoms with Crippen molar-refractivity contribution >= 4 is 23.5 Å². The lowest BCUT2D eigenvalue weighted by molar-refractivity contribution is -0.497. The summed E-state index contributed by atoms with van der Waals surface area (Å²) in [5.41, 5.74) is -1.36. The van der Waals surface area contributed by atoms with E-state index >= 15 is 0 Å². The fourth-order valence-corrected chi connectivity index (χ4v) is 5.28. The third-order valence-electron chi connectivity index (χ3n) is 6.95. The number of fused-ring (bicyclic) bond motifs is 1. The number of aliphatic hydroxyl groups is 1. The number of likely N-dealkylation sites (tertiary alicyclic amines) is 1. The third-order valence-corrected chi connectivity index (χ3v) is 7.20. The van der Waals surface area contributed by atoms with Gasteiger partial charge >= 0.3 is 5.97 Å². The molecular formula is C28H26ClNO6. The Bertz CT molecular complexity index is 1250. The van der Waals surface area contributed by atoms with Crippen LogP contribution in [0.5, 0.6) is 0 Å². The van der Waals surface area contributed by atoms with Crippen molar-refractivity contribution in [3.8, 4) is 0 Å². The summed E-state index contributed by atoms with van der Waals surface area (Å²) in [6, 6.07) is 25.4. The molecule has 2 aliphatic heterocycles. The van der Waals surface area contributed by atoms with Gasteiger partial charge in [0.1, 0.15) is 0 Å². The largest absolute Gasteiger partial charge is 0.465 e. The molecule has 0 saturated carbocycles. The number of halogens is 1. The van der Waals surface area contributed by atoms with Gasteiger partial charge in [0.2, 0.25) is 17.1 Å². The number of hydrogen-bond acceptors (Lipinski definition) is 6. The van der Waals surface area contributed by atoms with E-state index in [1.54, 1.807) is 31.2 Å². The summed E-state index contributed by atoms with van der Waals surface area (Å²) in [5, 5.41) is 12.2. The topological polar surface area (TPSA) is 85.3 Å². The van der Waals surface area contributed by atoms with E-state index in [1.165, 1.54) is 4.90 Å². The van der Waals surface area contributed by atoms with Gasteiger partial charge in [0.15, 0.2) is 5.60 Å². The molecule has 5 rings (SSSR count). The number of β-amino-alcohol motifs (C(OH)–C–C–N with tert-alkyl or cyclic N) is 1. The lowest BCUT2D eigenvalue weighted by Crippen LogP contribution is -2.64. The first kappa shape index (κ1) is 24.5. The van der Waals surface area contributed by atoms with Crippen LogP contribution >= 0.6 is 11.6 Å². The molecule has 3 atom stereocenters. The van der Waals surface area contributed by atoms with Gasteiger partial charge in [0.05, 0.1) is 13.2 Å². The summed E-state index contributed by atoms with van der Waals surface area (Å²) in [7, 11) is 0. The molecule has 0 aromatic heterocycles. The number of esters is 1. The van der Waals surface area contributed by atoms with Gasteiger partial charge in [-0.05, 0) is 35.7 Å². The Morgan fingerprint density at radius 3 is 2.22 bits per heavy atom. The van der Waals surface area contributed by atoms with Crippen molar-refractivity contribution in [2.45, 2.75) is 31.3 Å². The van der Waals surface area contributed by atoms with Gasteiger partial charge in [-0.25, -0.2) is 4.89 Å². The van der Waals surface area contributed by atoms with E-state index in [1.807, 2.05) is 60.7 Å². The van der Waals surface area contributed by atoms with Crippen molar-refractivity contribution in [2.24, 2.45) is 5.41 Å². The number of carbonyl (C=O) groups excluding carboxylic acids is 2. The maximum atomic E-state index is 14.1.